The van der Waals surface area contributed by atoms with Gasteiger partial charge >= 0.3 is 0 Å². The van der Waals surface area contributed by atoms with Gasteiger partial charge in [0.25, 0.3) is 5.56 Å². The molecular formula is C15H15FN3OS+. The zero-order valence-electron chi connectivity index (χ0n) is 11.7. The number of nitrogens with zero attached hydrogens (tertiary/aromatic N) is 1. The summed E-state index contributed by atoms with van der Waals surface area (Å²) in [5.41, 5.74) is 0.371. The number of hydrogen-bond donors (Lipinski definition) is 2. The van der Waals surface area contributed by atoms with Gasteiger partial charge in [-0.2, -0.15) is 0 Å². The van der Waals surface area contributed by atoms with Crippen molar-refractivity contribution in [3.05, 3.63) is 46.6 Å². The van der Waals surface area contributed by atoms with E-state index in [0.29, 0.717) is 27.5 Å². The number of anilines is 1. The lowest BCUT2D eigenvalue weighted by atomic mass is 10.1. The van der Waals surface area contributed by atoms with Crippen LogP contribution in [0.15, 0.2) is 35.3 Å². The summed E-state index contributed by atoms with van der Waals surface area (Å²) in [6, 6.07) is 6.10. The molecule has 4 nitrogen and oxygen atoms in total. The highest BCUT2D eigenvalue weighted by molar-refractivity contribution is 7.95. The van der Waals surface area contributed by atoms with Gasteiger partial charge in [-0.1, -0.05) is 0 Å². The summed E-state index contributed by atoms with van der Waals surface area (Å²) >= 11 is 0. The maximum absolute atomic E-state index is 13.5. The first-order chi connectivity index (χ1) is 10.1. The molecule has 0 amide bonds. The molecule has 0 unspecified atom stereocenters. The van der Waals surface area contributed by atoms with Gasteiger partial charge in [0.1, 0.15) is 11.6 Å². The second kappa shape index (κ2) is 5.37. The highest BCUT2D eigenvalue weighted by Crippen LogP contribution is 2.27. The van der Waals surface area contributed by atoms with E-state index >= 15 is 0 Å². The lowest BCUT2D eigenvalue weighted by Crippen LogP contribution is -2.14. The number of fused-ring (bicyclic) bond motifs is 3. The normalized spacial score (nSPS) is 11.4. The average molecular weight is 304 g/mol. The predicted molar refractivity (Wildman–Crippen MR) is 87.5 cm³/mol. The minimum Gasteiger partial charge on any atom is -0.329 e. The summed E-state index contributed by atoms with van der Waals surface area (Å²) < 4.78 is 13.5. The van der Waals surface area contributed by atoms with E-state index in [0.717, 1.165) is 5.88 Å². The Labute approximate surface area is 123 Å². The molecule has 0 spiro atoms. The maximum Gasteiger partial charge on any atom is 0.256 e. The Hall–Kier alpha value is -2.08. The number of hydrogen-bond acceptors (Lipinski definition) is 3. The molecule has 1 aromatic carbocycles. The molecule has 2 aromatic heterocycles. The van der Waals surface area contributed by atoms with E-state index in [1.165, 1.54) is 12.1 Å². The van der Waals surface area contributed by atoms with Crippen LogP contribution in [0, 0.1) is 5.82 Å². The Kier molecular flexibility index (Phi) is 3.55. The number of nitrogens with one attached hydrogen (secondary N) is 2. The highest BCUT2D eigenvalue weighted by Gasteiger charge is 2.13. The summed E-state index contributed by atoms with van der Waals surface area (Å²) in [7, 11) is 0.201. The van der Waals surface area contributed by atoms with Crippen LogP contribution in [-0.4, -0.2) is 28.4 Å². The second-order valence-electron chi connectivity index (χ2n) is 5.02. The van der Waals surface area contributed by atoms with Crippen molar-refractivity contribution in [2.75, 3.05) is 23.7 Å². The van der Waals surface area contributed by atoms with Gasteiger partial charge in [-0.3, -0.25) is 4.79 Å². The average Bonchev–Trinajstić information content (AvgIpc) is 2.45. The van der Waals surface area contributed by atoms with Crippen LogP contribution in [0.1, 0.15) is 0 Å². The highest BCUT2D eigenvalue weighted by atomic mass is 32.2. The topological polar surface area (TPSA) is 57.8 Å². The van der Waals surface area contributed by atoms with Crippen LogP contribution in [0.2, 0.25) is 0 Å². The molecule has 0 aliphatic heterocycles. The number of aromatic amines is 1. The Morgan fingerprint density at radius 2 is 2.10 bits per heavy atom. The first kappa shape index (κ1) is 13.9. The van der Waals surface area contributed by atoms with E-state index in [1.807, 2.05) is 0 Å². The number of benzene rings is 1. The Morgan fingerprint density at radius 1 is 1.29 bits per heavy atom. The summed E-state index contributed by atoms with van der Waals surface area (Å²) in [5.74, 6) is 1.07. The third kappa shape index (κ3) is 2.58. The largest absolute Gasteiger partial charge is 0.329 e. The number of rotatable bonds is 3. The van der Waals surface area contributed by atoms with Crippen molar-refractivity contribution in [3.63, 3.8) is 0 Å². The number of pyridine rings is 2. The van der Waals surface area contributed by atoms with Gasteiger partial charge in [-0.15, -0.1) is 0 Å². The molecule has 3 rings (SSSR count). The van der Waals surface area contributed by atoms with Crippen molar-refractivity contribution in [3.8, 4) is 0 Å². The van der Waals surface area contributed by atoms with Crippen LogP contribution in [-0.2, 0) is 10.9 Å². The molecule has 0 aliphatic rings. The molecule has 0 atom stereocenters. The van der Waals surface area contributed by atoms with E-state index < -0.39 is 0 Å². The van der Waals surface area contributed by atoms with Crippen molar-refractivity contribution in [1.29, 1.82) is 0 Å². The molecule has 2 heterocycles. The van der Waals surface area contributed by atoms with Crippen LogP contribution in [0.25, 0.3) is 21.7 Å². The molecule has 0 saturated heterocycles. The molecular weight excluding hydrogens is 289 g/mol. The third-order valence-corrected chi connectivity index (χ3v) is 3.93. The van der Waals surface area contributed by atoms with Gasteiger partial charge in [-0.05, 0) is 24.3 Å². The van der Waals surface area contributed by atoms with Crippen molar-refractivity contribution in [2.45, 2.75) is 0 Å². The van der Waals surface area contributed by atoms with Gasteiger partial charge in [0, 0.05) is 27.9 Å². The number of aromatic nitrogens is 2. The Bertz CT molecular complexity index is 876. The van der Waals surface area contributed by atoms with E-state index in [2.05, 4.69) is 27.8 Å². The van der Waals surface area contributed by atoms with Crippen molar-refractivity contribution >= 4 is 38.4 Å². The van der Waals surface area contributed by atoms with Gasteiger partial charge in [0.05, 0.1) is 23.4 Å². The molecule has 0 bridgehead atoms. The lowest BCUT2D eigenvalue weighted by molar-refractivity contribution is 0.629. The van der Waals surface area contributed by atoms with Crippen LogP contribution < -0.4 is 10.9 Å². The van der Waals surface area contributed by atoms with Crippen LogP contribution in [0.5, 0.6) is 0 Å². The van der Waals surface area contributed by atoms with Crippen LogP contribution in [0.4, 0.5) is 10.2 Å². The van der Waals surface area contributed by atoms with Gasteiger partial charge < -0.3 is 10.3 Å². The molecule has 0 fully saturated rings. The Morgan fingerprint density at radius 3 is 2.86 bits per heavy atom. The zero-order valence-corrected chi connectivity index (χ0v) is 12.6. The molecule has 2 N–H and O–H groups in total. The fourth-order valence-electron chi connectivity index (χ4n) is 2.28. The fourth-order valence-corrected chi connectivity index (χ4v) is 2.70. The zero-order chi connectivity index (χ0) is 15.0. The molecule has 0 radical (unpaired) electrons. The molecule has 108 valence electrons. The van der Waals surface area contributed by atoms with E-state index in [4.69, 9.17) is 0 Å². The third-order valence-electron chi connectivity index (χ3n) is 3.20. The Balaban J connectivity index is 2.35. The van der Waals surface area contributed by atoms with Crippen LogP contribution >= 0.6 is 0 Å². The molecule has 0 aliphatic carbocycles. The minimum absolute atomic E-state index is 0.201. The van der Waals surface area contributed by atoms with Crippen molar-refractivity contribution in [1.82, 2.24) is 9.97 Å². The lowest BCUT2D eigenvalue weighted by Gasteiger charge is -2.10. The smallest absolute Gasteiger partial charge is 0.256 e. The number of H-pyrrole nitrogens is 1. The van der Waals surface area contributed by atoms with Crippen molar-refractivity contribution < 1.29 is 4.39 Å². The standard InChI is InChI=1S/C15H14FN3OS/c1-21(2)8-18-14-10-5-6-17-15(20)13(10)11-7-9(16)3-4-12(11)19-14/h3-7H,8H2,1-2H3,(H-,17,18,19,20)/p+1. The molecule has 0 saturated carbocycles. The molecule has 3 aromatic rings. The second-order valence-corrected chi connectivity index (χ2v) is 7.28. The quantitative estimate of drug-likeness (QED) is 0.577. The minimum atomic E-state index is -0.377. The van der Waals surface area contributed by atoms with E-state index in [9.17, 15) is 9.18 Å². The first-order valence-corrected chi connectivity index (χ1v) is 8.66. The monoisotopic (exact) mass is 304 g/mol. The molecule has 6 heteroatoms. The summed E-state index contributed by atoms with van der Waals surface area (Å²) in [6.45, 7) is 0. The van der Waals surface area contributed by atoms with Gasteiger partial charge in [0.15, 0.2) is 5.88 Å². The molecule has 21 heavy (non-hydrogen) atoms. The summed E-state index contributed by atoms with van der Waals surface area (Å²) in [4.78, 5) is 19.3. The first-order valence-electron chi connectivity index (χ1n) is 6.45. The maximum atomic E-state index is 13.5. The SMILES string of the molecule is C[S+](C)CNc1nc2ccc(F)cc2c2c(=O)[nH]ccc12. The van der Waals surface area contributed by atoms with Crippen LogP contribution in [0.3, 0.4) is 0 Å². The number of halogens is 1. The summed E-state index contributed by atoms with van der Waals surface area (Å²) in [5, 5.41) is 4.99. The summed E-state index contributed by atoms with van der Waals surface area (Å²) in [6.07, 6.45) is 5.83. The van der Waals surface area contributed by atoms with E-state index in [-0.39, 0.29) is 22.3 Å². The van der Waals surface area contributed by atoms with Crippen molar-refractivity contribution in [2.24, 2.45) is 0 Å². The van der Waals surface area contributed by atoms with Gasteiger partial charge in [0.2, 0.25) is 0 Å². The van der Waals surface area contributed by atoms with Gasteiger partial charge in [-0.25, -0.2) is 9.37 Å². The fraction of sp³-hybridized carbons (Fsp3) is 0.200. The predicted octanol–water partition coefficient (Wildman–Crippen LogP) is 2.46. The van der Waals surface area contributed by atoms with E-state index in [1.54, 1.807) is 18.3 Å².